The van der Waals surface area contributed by atoms with E-state index in [9.17, 15) is 9.59 Å². The van der Waals surface area contributed by atoms with E-state index >= 15 is 0 Å². The number of imidazole rings is 1. The quantitative estimate of drug-likeness (QED) is 0.381. The smallest absolute Gasteiger partial charge is 0.252 e. The van der Waals surface area contributed by atoms with Crippen molar-refractivity contribution in [2.45, 2.75) is 24.9 Å². The third-order valence-corrected chi connectivity index (χ3v) is 6.07. The Morgan fingerprint density at radius 3 is 2.69 bits per heavy atom. The van der Waals surface area contributed by atoms with E-state index in [0.717, 1.165) is 21.8 Å². The average Bonchev–Trinajstić information content (AvgIpc) is 3.44. The monoisotopic (exact) mass is 448 g/mol. The Bertz CT molecular complexity index is 1220. The molecule has 0 fully saturated rings. The third kappa shape index (κ3) is 5.20. The highest BCUT2D eigenvalue weighted by Crippen LogP contribution is 2.22. The minimum Gasteiger partial charge on any atom is -0.467 e. The van der Waals surface area contributed by atoms with E-state index < -0.39 is 0 Å². The molecule has 0 aliphatic rings. The molecule has 2 heterocycles. The molecule has 0 unspecified atom stereocenters. The zero-order chi connectivity index (χ0) is 22.3. The van der Waals surface area contributed by atoms with Crippen LogP contribution in [0.2, 0.25) is 0 Å². The van der Waals surface area contributed by atoms with Crippen LogP contribution in [0.5, 0.6) is 0 Å². The van der Waals surface area contributed by atoms with Crippen LogP contribution < -0.4 is 10.6 Å². The number of aromatic nitrogens is 2. The number of para-hydroxylation sites is 2. The molecule has 0 aliphatic carbocycles. The Balaban J connectivity index is 1.32. The Morgan fingerprint density at radius 2 is 1.84 bits per heavy atom. The van der Waals surface area contributed by atoms with Crippen LogP contribution >= 0.6 is 11.8 Å². The summed E-state index contributed by atoms with van der Waals surface area (Å²) in [5.74, 6) is 1.54. The molecule has 164 valence electrons. The summed E-state index contributed by atoms with van der Waals surface area (Å²) in [6.07, 6.45) is 1.57. The maximum absolute atomic E-state index is 12.8. The van der Waals surface area contributed by atoms with Crippen molar-refractivity contribution in [2.24, 2.45) is 0 Å². The maximum atomic E-state index is 12.8. The number of amides is 2. The highest BCUT2D eigenvalue weighted by Gasteiger charge is 2.13. The molecule has 4 aromatic rings. The molecular formula is C24H24N4O3S. The van der Waals surface area contributed by atoms with Gasteiger partial charge in [0.15, 0.2) is 0 Å². The number of hydrogen-bond acceptors (Lipinski definition) is 5. The van der Waals surface area contributed by atoms with E-state index in [1.807, 2.05) is 49.4 Å². The molecule has 0 spiro atoms. The van der Waals surface area contributed by atoms with Gasteiger partial charge in [-0.15, -0.1) is 11.8 Å². The van der Waals surface area contributed by atoms with Gasteiger partial charge in [0.1, 0.15) is 11.6 Å². The fourth-order valence-electron chi connectivity index (χ4n) is 3.43. The summed E-state index contributed by atoms with van der Waals surface area (Å²) >= 11 is 1.34. The molecule has 32 heavy (non-hydrogen) atoms. The number of rotatable bonds is 9. The number of nitrogens with one attached hydrogen (secondary N) is 2. The van der Waals surface area contributed by atoms with Gasteiger partial charge < -0.3 is 19.6 Å². The standard InChI is InChI=1S/C24H24N4O3S/c1-17-27-20-9-3-4-10-21(20)28(17)13-12-25-24(30)19-8-2-5-11-22(19)32-16-23(29)26-15-18-7-6-14-31-18/h2-11,14H,12-13,15-16H2,1H3,(H,25,30)(H,26,29). The normalized spacial score (nSPS) is 10.9. The van der Waals surface area contributed by atoms with Gasteiger partial charge in [0.05, 0.1) is 35.2 Å². The maximum Gasteiger partial charge on any atom is 0.252 e. The van der Waals surface area contributed by atoms with Crippen molar-refractivity contribution in [1.29, 1.82) is 0 Å². The van der Waals surface area contributed by atoms with Gasteiger partial charge in [-0.05, 0) is 43.3 Å². The van der Waals surface area contributed by atoms with E-state index in [4.69, 9.17) is 4.42 Å². The van der Waals surface area contributed by atoms with Crippen LogP contribution in [-0.4, -0.2) is 33.7 Å². The molecule has 2 aromatic carbocycles. The van der Waals surface area contributed by atoms with Crippen molar-refractivity contribution >= 4 is 34.6 Å². The van der Waals surface area contributed by atoms with Crippen LogP contribution in [0.4, 0.5) is 0 Å². The Morgan fingerprint density at radius 1 is 1.03 bits per heavy atom. The first-order valence-corrected chi connectivity index (χ1v) is 11.3. The van der Waals surface area contributed by atoms with Crippen molar-refractivity contribution in [1.82, 2.24) is 20.2 Å². The van der Waals surface area contributed by atoms with Gasteiger partial charge >= 0.3 is 0 Å². The van der Waals surface area contributed by atoms with Crippen LogP contribution in [0.1, 0.15) is 21.9 Å². The van der Waals surface area contributed by atoms with Crippen molar-refractivity contribution in [3.8, 4) is 0 Å². The first-order valence-electron chi connectivity index (χ1n) is 10.3. The zero-order valence-electron chi connectivity index (χ0n) is 17.7. The SMILES string of the molecule is Cc1nc2ccccc2n1CCNC(=O)c1ccccc1SCC(=O)NCc1ccco1. The van der Waals surface area contributed by atoms with Crippen molar-refractivity contribution in [3.63, 3.8) is 0 Å². The molecule has 0 radical (unpaired) electrons. The summed E-state index contributed by atoms with van der Waals surface area (Å²) in [4.78, 5) is 30.3. The number of carbonyl (C=O) groups is 2. The Labute approximate surface area is 190 Å². The van der Waals surface area contributed by atoms with Gasteiger partial charge in [0, 0.05) is 18.0 Å². The number of benzene rings is 2. The molecule has 0 saturated carbocycles. The number of hydrogen-bond donors (Lipinski definition) is 2. The first kappa shape index (κ1) is 21.7. The van der Waals surface area contributed by atoms with Crippen LogP contribution in [0.15, 0.2) is 76.2 Å². The lowest BCUT2D eigenvalue weighted by molar-refractivity contribution is -0.118. The molecule has 0 bridgehead atoms. The predicted octanol–water partition coefficient (Wildman–Crippen LogP) is 3.78. The zero-order valence-corrected chi connectivity index (χ0v) is 18.5. The lowest BCUT2D eigenvalue weighted by Crippen LogP contribution is -2.28. The summed E-state index contributed by atoms with van der Waals surface area (Å²) in [5, 5.41) is 5.80. The molecule has 2 amide bonds. The van der Waals surface area contributed by atoms with Gasteiger partial charge in [-0.2, -0.15) is 0 Å². The number of carbonyl (C=O) groups excluding carboxylic acids is 2. The lowest BCUT2D eigenvalue weighted by Gasteiger charge is -2.11. The van der Waals surface area contributed by atoms with Crippen molar-refractivity contribution < 1.29 is 14.0 Å². The minimum absolute atomic E-state index is 0.121. The molecule has 2 aromatic heterocycles. The fourth-order valence-corrected chi connectivity index (χ4v) is 4.31. The van der Waals surface area contributed by atoms with Crippen LogP contribution in [-0.2, 0) is 17.9 Å². The fraction of sp³-hybridized carbons (Fsp3) is 0.208. The van der Waals surface area contributed by atoms with E-state index in [-0.39, 0.29) is 17.6 Å². The molecule has 0 aliphatic heterocycles. The average molecular weight is 449 g/mol. The molecule has 7 nitrogen and oxygen atoms in total. The van der Waals surface area contributed by atoms with Gasteiger partial charge in [-0.25, -0.2) is 4.98 Å². The highest BCUT2D eigenvalue weighted by molar-refractivity contribution is 8.00. The summed E-state index contributed by atoms with van der Waals surface area (Å²) in [5.41, 5.74) is 2.56. The number of furan rings is 1. The molecule has 2 N–H and O–H groups in total. The first-order chi connectivity index (χ1) is 15.6. The van der Waals surface area contributed by atoms with E-state index in [2.05, 4.69) is 20.2 Å². The Hall–Kier alpha value is -3.52. The largest absolute Gasteiger partial charge is 0.467 e. The second-order valence-corrected chi connectivity index (χ2v) is 8.21. The number of thioether (sulfide) groups is 1. The summed E-state index contributed by atoms with van der Waals surface area (Å²) < 4.78 is 7.31. The van der Waals surface area contributed by atoms with E-state index in [1.165, 1.54) is 11.8 Å². The van der Waals surface area contributed by atoms with Crippen molar-refractivity contribution in [2.75, 3.05) is 12.3 Å². The van der Waals surface area contributed by atoms with Gasteiger partial charge in [-0.3, -0.25) is 9.59 Å². The number of fused-ring (bicyclic) bond motifs is 1. The predicted molar refractivity (Wildman–Crippen MR) is 125 cm³/mol. The van der Waals surface area contributed by atoms with Crippen molar-refractivity contribution in [3.05, 3.63) is 84.1 Å². The van der Waals surface area contributed by atoms with E-state index in [0.29, 0.717) is 31.0 Å². The number of nitrogens with zero attached hydrogens (tertiary/aromatic N) is 2. The summed E-state index contributed by atoms with van der Waals surface area (Å²) in [6.45, 7) is 3.41. The summed E-state index contributed by atoms with van der Waals surface area (Å²) in [6, 6.07) is 18.9. The summed E-state index contributed by atoms with van der Waals surface area (Å²) in [7, 11) is 0. The highest BCUT2D eigenvalue weighted by atomic mass is 32.2. The lowest BCUT2D eigenvalue weighted by atomic mass is 10.2. The second kappa shape index (κ2) is 10.2. The molecular weight excluding hydrogens is 424 g/mol. The van der Waals surface area contributed by atoms with Crippen LogP contribution in [0, 0.1) is 6.92 Å². The molecule has 4 rings (SSSR count). The molecule has 0 saturated heterocycles. The topological polar surface area (TPSA) is 89.2 Å². The Kier molecular flexibility index (Phi) is 6.91. The minimum atomic E-state index is -0.161. The molecule has 0 atom stereocenters. The second-order valence-electron chi connectivity index (χ2n) is 7.20. The number of aryl methyl sites for hydroxylation is 1. The molecule has 8 heteroatoms. The van der Waals surface area contributed by atoms with E-state index in [1.54, 1.807) is 24.5 Å². The van der Waals surface area contributed by atoms with Gasteiger partial charge in [-0.1, -0.05) is 24.3 Å². The third-order valence-electron chi connectivity index (χ3n) is 5.00. The van der Waals surface area contributed by atoms with Gasteiger partial charge in [0.25, 0.3) is 5.91 Å². The van der Waals surface area contributed by atoms with Gasteiger partial charge in [0.2, 0.25) is 5.91 Å². The van der Waals surface area contributed by atoms with Crippen LogP contribution in [0.3, 0.4) is 0 Å². The van der Waals surface area contributed by atoms with Crippen LogP contribution in [0.25, 0.3) is 11.0 Å².